The molecule has 1 aliphatic heterocycles. The van der Waals surface area contributed by atoms with Gasteiger partial charge in [0.15, 0.2) is 0 Å². The van der Waals surface area contributed by atoms with Crippen molar-refractivity contribution in [3.63, 3.8) is 0 Å². The predicted molar refractivity (Wildman–Crippen MR) is 135 cm³/mol. The quantitative estimate of drug-likeness (QED) is 0.298. The summed E-state index contributed by atoms with van der Waals surface area (Å²) in [6.07, 6.45) is 2.56. The summed E-state index contributed by atoms with van der Waals surface area (Å²) in [6.45, 7) is 9.32. The molecule has 0 fully saturated rings. The first-order valence-corrected chi connectivity index (χ1v) is 11.8. The lowest BCUT2D eigenvalue weighted by Crippen LogP contribution is -2.53. The van der Waals surface area contributed by atoms with Gasteiger partial charge in [0.2, 0.25) is 17.7 Å². The SMILES string of the molecule is CC(=O)OCc1ccc(NC(=O)C(C)NC(=O)CNC(=O)C(C)(C)CC(C)(C)N2C(=O)C=CC2=O)cc1. The fourth-order valence-corrected chi connectivity index (χ4v) is 4.12. The minimum Gasteiger partial charge on any atom is -0.461 e. The summed E-state index contributed by atoms with van der Waals surface area (Å²) in [7, 11) is 0. The number of carbonyl (C=O) groups excluding carboxylic acids is 6. The smallest absolute Gasteiger partial charge is 0.302 e. The lowest BCUT2D eigenvalue weighted by Gasteiger charge is -2.39. The van der Waals surface area contributed by atoms with Crippen molar-refractivity contribution in [2.45, 2.75) is 66.2 Å². The maximum atomic E-state index is 12.8. The molecule has 1 unspecified atom stereocenters. The van der Waals surface area contributed by atoms with Gasteiger partial charge in [0, 0.05) is 35.7 Å². The van der Waals surface area contributed by atoms with Crippen LogP contribution in [0.2, 0.25) is 0 Å². The lowest BCUT2D eigenvalue weighted by atomic mass is 9.78. The molecule has 2 rings (SSSR count). The Balaban J connectivity index is 1.83. The highest BCUT2D eigenvalue weighted by Gasteiger charge is 2.43. The van der Waals surface area contributed by atoms with Crippen molar-refractivity contribution in [2.24, 2.45) is 5.41 Å². The number of nitrogens with zero attached hydrogens (tertiary/aromatic N) is 1. The Labute approximate surface area is 216 Å². The number of esters is 1. The van der Waals surface area contributed by atoms with Gasteiger partial charge < -0.3 is 20.7 Å². The zero-order valence-electron chi connectivity index (χ0n) is 22.0. The summed E-state index contributed by atoms with van der Waals surface area (Å²) in [4.78, 5) is 73.7. The molecule has 1 aromatic carbocycles. The molecule has 0 radical (unpaired) electrons. The number of imide groups is 1. The second-order valence-electron chi connectivity index (χ2n) is 10.2. The van der Waals surface area contributed by atoms with Crippen molar-refractivity contribution in [3.8, 4) is 0 Å². The number of hydrogen-bond acceptors (Lipinski definition) is 7. The first-order valence-electron chi connectivity index (χ1n) is 11.8. The highest BCUT2D eigenvalue weighted by molar-refractivity contribution is 6.13. The van der Waals surface area contributed by atoms with Gasteiger partial charge in [-0.25, -0.2) is 0 Å². The number of amides is 5. The first-order chi connectivity index (χ1) is 17.1. The molecule has 0 saturated heterocycles. The summed E-state index contributed by atoms with van der Waals surface area (Å²) in [5.74, 6) is -2.71. The van der Waals surface area contributed by atoms with E-state index < -0.39 is 52.5 Å². The van der Waals surface area contributed by atoms with Crippen LogP contribution in [0.25, 0.3) is 0 Å². The third kappa shape index (κ3) is 8.26. The molecule has 0 spiro atoms. The molecule has 1 heterocycles. The van der Waals surface area contributed by atoms with Gasteiger partial charge in [-0.3, -0.25) is 33.7 Å². The molecule has 1 aromatic rings. The van der Waals surface area contributed by atoms with Crippen molar-refractivity contribution < 1.29 is 33.5 Å². The Bertz CT molecular complexity index is 1090. The highest BCUT2D eigenvalue weighted by Crippen LogP contribution is 2.33. The van der Waals surface area contributed by atoms with Crippen LogP contribution in [0, 0.1) is 5.41 Å². The molecule has 200 valence electrons. The Morgan fingerprint density at radius 1 is 0.973 bits per heavy atom. The summed E-state index contributed by atoms with van der Waals surface area (Å²) < 4.78 is 4.91. The van der Waals surface area contributed by atoms with Crippen molar-refractivity contribution in [2.75, 3.05) is 11.9 Å². The normalized spacial score (nSPS) is 14.3. The maximum absolute atomic E-state index is 12.8. The Hall–Kier alpha value is -4.02. The average molecular weight is 515 g/mol. The number of ether oxygens (including phenoxy) is 1. The van der Waals surface area contributed by atoms with Gasteiger partial charge in [0.1, 0.15) is 12.6 Å². The monoisotopic (exact) mass is 514 g/mol. The second-order valence-corrected chi connectivity index (χ2v) is 10.2. The minimum atomic E-state index is -1.00. The van der Waals surface area contributed by atoms with Crippen molar-refractivity contribution in [3.05, 3.63) is 42.0 Å². The van der Waals surface area contributed by atoms with Crippen molar-refractivity contribution >= 4 is 41.2 Å². The van der Waals surface area contributed by atoms with E-state index in [0.29, 0.717) is 5.69 Å². The summed E-state index contributed by atoms with van der Waals surface area (Å²) >= 11 is 0. The molecule has 1 atom stereocenters. The minimum absolute atomic E-state index is 0.127. The fourth-order valence-electron chi connectivity index (χ4n) is 4.12. The third-order valence-electron chi connectivity index (χ3n) is 5.75. The average Bonchev–Trinajstić information content (AvgIpc) is 3.14. The molecule has 0 aromatic heterocycles. The zero-order chi connectivity index (χ0) is 28.0. The van der Waals surface area contributed by atoms with Crippen LogP contribution in [0.3, 0.4) is 0 Å². The molecule has 0 saturated carbocycles. The van der Waals surface area contributed by atoms with E-state index in [1.807, 2.05) is 0 Å². The van der Waals surface area contributed by atoms with E-state index in [1.54, 1.807) is 52.0 Å². The topological polar surface area (TPSA) is 151 Å². The molecular formula is C26H34N4O7. The molecule has 0 bridgehead atoms. The molecule has 1 aliphatic rings. The van der Waals surface area contributed by atoms with Crippen molar-refractivity contribution in [1.29, 1.82) is 0 Å². The molecule has 37 heavy (non-hydrogen) atoms. The lowest BCUT2D eigenvalue weighted by molar-refractivity contribution is -0.146. The second kappa shape index (κ2) is 11.8. The Kier molecular flexibility index (Phi) is 9.32. The fraction of sp³-hybridized carbons (Fsp3) is 0.462. The number of rotatable bonds is 11. The highest BCUT2D eigenvalue weighted by atomic mass is 16.5. The van der Waals surface area contributed by atoms with Gasteiger partial charge in [-0.1, -0.05) is 26.0 Å². The van der Waals surface area contributed by atoms with Crippen molar-refractivity contribution in [1.82, 2.24) is 15.5 Å². The van der Waals surface area contributed by atoms with Gasteiger partial charge in [-0.05, 0) is 44.9 Å². The van der Waals surface area contributed by atoms with E-state index in [2.05, 4.69) is 16.0 Å². The van der Waals surface area contributed by atoms with E-state index >= 15 is 0 Å². The van der Waals surface area contributed by atoms with Crippen LogP contribution in [0.1, 0.15) is 53.5 Å². The first kappa shape index (κ1) is 29.2. The number of carbonyl (C=O) groups is 6. The van der Waals surface area contributed by atoms with Gasteiger partial charge >= 0.3 is 5.97 Å². The van der Waals surface area contributed by atoms with Crippen LogP contribution in [0.4, 0.5) is 5.69 Å². The summed E-state index contributed by atoms with van der Waals surface area (Å²) in [6, 6.07) is 5.82. The molecule has 11 heteroatoms. The van der Waals surface area contributed by atoms with Crippen LogP contribution in [0.15, 0.2) is 36.4 Å². The molecule has 3 N–H and O–H groups in total. The largest absolute Gasteiger partial charge is 0.461 e. The van der Waals surface area contributed by atoms with Crippen LogP contribution < -0.4 is 16.0 Å². The van der Waals surface area contributed by atoms with Gasteiger partial charge in [0.05, 0.1) is 6.54 Å². The Morgan fingerprint density at radius 3 is 2.08 bits per heavy atom. The van der Waals surface area contributed by atoms with E-state index in [9.17, 15) is 28.8 Å². The van der Waals surface area contributed by atoms with Crippen LogP contribution in [-0.4, -0.2) is 58.5 Å². The predicted octanol–water partition coefficient (Wildman–Crippen LogP) is 1.43. The number of hydrogen-bond donors (Lipinski definition) is 3. The number of nitrogens with one attached hydrogen (secondary N) is 3. The van der Waals surface area contributed by atoms with E-state index in [4.69, 9.17) is 4.74 Å². The standard InChI is InChI=1S/C26H34N4O7/c1-16(23(35)29-19-9-7-18(8-10-19)14-37-17(2)31)28-20(32)13-27-24(36)25(3,4)15-26(5,6)30-21(33)11-12-22(30)34/h7-12,16H,13-15H2,1-6H3,(H,27,36)(H,28,32)(H,29,35). The summed E-state index contributed by atoms with van der Waals surface area (Å²) in [5, 5.41) is 7.76. The van der Waals surface area contributed by atoms with Crippen LogP contribution in [-0.2, 0) is 40.1 Å². The Morgan fingerprint density at radius 2 is 1.54 bits per heavy atom. The molecule has 5 amide bonds. The van der Waals surface area contributed by atoms with Gasteiger partial charge in [0.25, 0.3) is 11.8 Å². The molecule has 11 nitrogen and oxygen atoms in total. The molecular weight excluding hydrogens is 480 g/mol. The van der Waals surface area contributed by atoms with Crippen LogP contribution in [0.5, 0.6) is 0 Å². The van der Waals surface area contributed by atoms with E-state index in [-0.39, 0.29) is 19.6 Å². The van der Waals surface area contributed by atoms with E-state index in [1.165, 1.54) is 26.0 Å². The third-order valence-corrected chi connectivity index (χ3v) is 5.75. The van der Waals surface area contributed by atoms with Gasteiger partial charge in [-0.15, -0.1) is 0 Å². The van der Waals surface area contributed by atoms with Crippen LogP contribution >= 0.6 is 0 Å². The zero-order valence-corrected chi connectivity index (χ0v) is 22.0. The number of benzene rings is 1. The van der Waals surface area contributed by atoms with Gasteiger partial charge in [-0.2, -0.15) is 0 Å². The summed E-state index contributed by atoms with van der Waals surface area (Å²) in [5.41, 5.74) is -0.670. The van der Waals surface area contributed by atoms with E-state index in [0.717, 1.165) is 10.5 Å². The number of anilines is 1. The molecule has 0 aliphatic carbocycles. The maximum Gasteiger partial charge on any atom is 0.302 e.